The van der Waals surface area contributed by atoms with Crippen molar-refractivity contribution in [1.29, 1.82) is 0 Å². The van der Waals surface area contributed by atoms with Crippen molar-refractivity contribution >= 4 is 21.7 Å². The van der Waals surface area contributed by atoms with Crippen molar-refractivity contribution in [2.75, 3.05) is 14.2 Å². The van der Waals surface area contributed by atoms with Crippen LogP contribution in [0.2, 0.25) is 0 Å². The summed E-state index contributed by atoms with van der Waals surface area (Å²) in [4.78, 5) is 12.0. The summed E-state index contributed by atoms with van der Waals surface area (Å²) in [5, 5.41) is 2.15. The highest BCUT2D eigenvalue weighted by atomic mass is 16.5. The van der Waals surface area contributed by atoms with E-state index in [0.29, 0.717) is 22.5 Å². The molecule has 0 aliphatic carbocycles. The summed E-state index contributed by atoms with van der Waals surface area (Å²) < 4.78 is 15.8. The first-order valence-electron chi connectivity index (χ1n) is 5.82. The van der Waals surface area contributed by atoms with Gasteiger partial charge in [0.15, 0.2) is 11.3 Å². The maximum atomic E-state index is 12.0. The molecule has 2 aromatic carbocycles. The third-order valence-electron chi connectivity index (χ3n) is 3.13. The van der Waals surface area contributed by atoms with Crippen molar-refractivity contribution < 1.29 is 13.9 Å². The summed E-state index contributed by atoms with van der Waals surface area (Å²) in [6.45, 7) is 0. The SMILES string of the molecule is COc1ccc2c(=O)oc3c(OC)cccc3c2c1. The lowest BCUT2D eigenvalue weighted by atomic mass is 10.1. The minimum absolute atomic E-state index is 0.380. The second-order valence-electron chi connectivity index (χ2n) is 4.14. The number of ether oxygens (including phenoxy) is 2. The van der Waals surface area contributed by atoms with Crippen molar-refractivity contribution in [2.45, 2.75) is 0 Å². The Morgan fingerprint density at radius 1 is 0.947 bits per heavy atom. The number of fused-ring (bicyclic) bond motifs is 3. The molecule has 0 aliphatic heterocycles. The van der Waals surface area contributed by atoms with Gasteiger partial charge in [0.25, 0.3) is 0 Å². The molecule has 19 heavy (non-hydrogen) atoms. The molecule has 0 spiro atoms. The molecule has 3 rings (SSSR count). The van der Waals surface area contributed by atoms with E-state index < -0.39 is 0 Å². The van der Waals surface area contributed by atoms with Crippen molar-refractivity contribution in [1.82, 2.24) is 0 Å². The zero-order valence-electron chi connectivity index (χ0n) is 10.6. The average Bonchev–Trinajstić information content (AvgIpc) is 2.46. The zero-order chi connectivity index (χ0) is 13.4. The lowest BCUT2D eigenvalue weighted by Gasteiger charge is -2.07. The Labute approximate surface area is 109 Å². The predicted octanol–water partition coefficient (Wildman–Crippen LogP) is 2.96. The quantitative estimate of drug-likeness (QED) is 0.522. The molecule has 1 heterocycles. The summed E-state index contributed by atoms with van der Waals surface area (Å²) in [5.74, 6) is 1.24. The molecule has 0 fully saturated rings. The van der Waals surface area contributed by atoms with E-state index in [1.807, 2.05) is 18.2 Å². The molecular weight excluding hydrogens is 244 g/mol. The van der Waals surface area contributed by atoms with E-state index >= 15 is 0 Å². The highest BCUT2D eigenvalue weighted by Gasteiger charge is 2.11. The Bertz CT molecular complexity index is 817. The molecule has 96 valence electrons. The Morgan fingerprint density at radius 3 is 2.53 bits per heavy atom. The first-order chi connectivity index (χ1) is 9.24. The molecule has 1 aromatic heterocycles. The van der Waals surface area contributed by atoms with Gasteiger partial charge < -0.3 is 13.9 Å². The summed E-state index contributed by atoms with van der Waals surface area (Å²) in [5.41, 5.74) is 0.0745. The molecular formula is C15H12O4. The maximum Gasteiger partial charge on any atom is 0.344 e. The summed E-state index contributed by atoms with van der Waals surface area (Å²) in [6, 6.07) is 10.8. The van der Waals surface area contributed by atoms with Crippen LogP contribution < -0.4 is 15.1 Å². The Balaban J connectivity index is 2.54. The van der Waals surface area contributed by atoms with Gasteiger partial charge in [-0.15, -0.1) is 0 Å². The van der Waals surface area contributed by atoms with Crippen LogP contribution in [0.3, 0.4) is 0 Å². The summed E-state index contributed by atoms with van der Waals surface area (Å²) in [7, 11) is 3.14. The number of hydrogen-bond donors (Lipinski definition) is 0. The zero-order valence-corrected chi connectivity index (χ0v) is 10.6. The van der Waals surface area contributed by atoms with E-state index in [1.54, 1.807) is 32.4 Å². The highest BCUT2D eigenvalue weighted by Crippen LogP contribution is 2.31. The van der Waals surface area contributed by atoms with Crippen molar-refractivity contribution in [3.8, 4) is 11.5 Å². The number of methoxy groups -OCH3 is 2. The Kier molecular flexibility index (Phi) is 2.63. The van der Waals surface area contributed by atoms with E-state index in [1.165, 1.54) is 0 Å². The van der Waals surface area contributed by atoms with Crippen molar-refractivity contribution in [2.24, 2.45) is 0 Å². The molecule has 0 amide bonds. The monoisotopic (exact) mass is 256 g/mol. The fraction of sp³-hybridized carbons (Fsp3) is 0.133. The van der Waals surface area contributed by atoms with Crippen LogP contribution >= 0.6 is 0 Å². The van der Waals surface area contributed by atoms with Gasteiger partial charge in [-0.1, -0.05) is 12.1 Å². The smallest absolute Gasteiger partial charge is 0.344 e. The fourth-order valence-corrected chi connectivity index (χ4v) is 2.19. The summed E-state index contributed by atoms with van der Waals surface area (Å²) >= 11 is 0. The largest absolute Gasteiger partial charge is 0.497 e. The number of rotatable bonds is 2. The maximum absolute atomic E-state index is 12.0. The Hall–Kier alpha value is -2.49. The predicted molar refractivity (Wildman–Crippen MR) is 73.1 cm³/mol. The minimum Gasteiger partial charge on any atom is -0.497 e. The number of hydrogen-bond acceptors (Lipinski definition) is 4. The van der Waals surface area contributed by atoms with Gasteiger partial charge in [0.05, 0.1) is 19.6 Å². The standard InChI is InChI=1S/C15H12O4/c1-17-9-6-7-11-12(8-9)10-4-3-5-13(18-2)14(10)19-15(11)16/h3-8H,1-2H3. The molecule has 0 bridgehead atoms. The molecule has 0 unspecified atom stereocenters. The molecule has 4 nitrogen and oxygen atoms in total. The molecule has 4 heteroatoms. The number of benzene rings is 2. The average molecular weight is 256 g/mol. The van der Waals surface area contributed by atoms with Crippen LogP contribution in [0, 0.1) is 0 Å². The molecule has 0 radical (unpaired) electrons. The normalized spacial score (nSPS) is 10.8. The van der Waals surface area contributed by atoms with E-state index in [2.05, 4.69) is 0 Å². The first-order valence-corrected chi connectivity index (χ1v) is 5.82. The molecule has 0 saturated heterocycles. The van der Waals surface area contributed by atoms with Crippen LogP contribution in [0.5, 0.6) is 11.5 Å². The van der Waals surface area contributed by atoms with Gasteiger partial charge in [-0.2, -0.15) is 0 Å². The minimum atomic E-state index is -0.380. The van der Waals surface area contributed by atoms with Crippen LogP contribution in [0.4, 0.5) is 0 Å². The highest BCUT2D eigenvalue weighted by molar-refractivity contribution is 6.06. The second-order valence-corrected chi connectivity index (χ2v) is 4.14. The van der Waals surface area contributed by atoms with Gasteiger partial charge in [0.2, 0.25) is 0 Å². The van der Waals surface area contributed by atoms with Gasteiger partial charge in [-0.25, -0.2) is 4.79 Å². The third kappa shape index (κ3) is 1.73. The van der Waals surface area contributed by atoms with Gasteiger partial charge in [-0.05, 0) is 24.3 Å². The first kappa shape index (κ1) is 11.6. The van der Waals surface area contributed by atoms with Crippen LogP contribution in [-0.2, 0) is 0 Å². The van der Waals surface area contributed by atoms with Crippen LogP contribution in [0.1, 0.15) is 0 Å². The van der Waals surface area contributed by atoms with Crippen molar-refractivity contribution in [3.05, 3.63) is 46.8 Å². The van der Waals surface area contributed by atoms with Crippen LogP contribution in [0.25, 0.3) is 21.7 Å². The lowest BCUT2D eigenvalue weighted by molar-refractivity contribution is 0.407. The topological polar surface area (TPSA) is 48.7 Å². The molecule has 0 atom stereocenters. The summed E-state index contributed by atoms with van der Waals surface area (Å²) in [6.07, 6.45) is 0. The van der Waals surface area contributed by atoms with E-state index in [9.17, 15) is 4.79 Å². The second kappa shape index (κ2) is 4.31. The van der Waals surface area contributed by atoms with E-state index in [0.717, 1.165) is 10.8 Å². The van der Waals surface area contributed by atoms with Crippen LogP contribution in [-0.4, -0.2) is 14.2 Å². The Morgan fingerprint density at radius 2 is 1.79 bits per heavy atom. The van der Waals surface area contributed by atoms with E-state index in [4.69, 9.17) is 13.9 Å². The molecule has 0 N–H and O–H groups in total. The number of para-hydroxylation sites is 1. The van der Waals surface area contributed by atoms with Crippen molar-refractivity contribution in [3.63, 3.8) is 0 Å². The van der Waals surface area contributed by atoms with Gasteiger partial charge in [0, 0.05) is 10.8 Å². The van der Waals surface area contributed by atoms with Gasteiger partial charge >= 0.3 is 5.63 Å². The molecule has 0 aliphatic rings. The van der Waals surface area contributed by atoms with Crippen LogP contribution in [0.15, 0.2) is 45.6 Å². The molecule has 3 aromatic rings. The van der Waals surface area contributed by atoms with Gasteiger partial charge in [-0.3, -0.25) is 0 Å². The third-order valence-corrected chi connectivity index (χ3v) is 3.13. The van der Waals surface area contributed by atoms with Gasteiger partial charge in [0.1, 0.15) is 5.75 Å². The van der Waals surface area contributed by atoms with E-state index in [-0.39, 0.29) is 5.63 Å². The molecule has 0 saturated carbocycles. The lowest BCUT2D eigenvalue weighted by Crippen LogP contribution is -2.01. The fourth-order valence-electron chi connectivity index (χ4n) is 2.19.